The van der Waals surface area contributed by atoms with Gasteiger partial charge in [-0.1, -0.05) is 6.07 Å². The topological polar surface area (TPSA) is 113 Å². The summed E-state index contributed by atoms with van der Waals surface area (Å²) in [6.07, 6.45) is -4.93. The van der Waals surface area contributed by atoms with Crippen molar-refractivity contribution >= 4 is 17.4 Å². The van der Waals surface area contributed by atoms with Crippen LogP contribution in [0.25, 0.3) is 0 Å². The van der Waals surface area contributed by atoms with E-state index < -0.39 is 41.0 Å². The number of anilines is 1. The standard InChI is InChI=1S/C12H7F4N5O/c13-10-6(12(14,15)16)2-1-3-8(10)20-11(22)21-9(5-18)7(19)4-17/h1-3,9,19H,(H2,20,21,22). The number of nitriles is 2. The number of nitrogens with one attached hydrogen (secondary N) is 3. The number of hydrogen-bond donors (Lipinski definition) is 3. The van der Waals surface area contributed by atoms with Crippen LogP contribution in [0.5, 0.6) is 0 Å². The molecular formula is C12H7F4N5O. The summed E-state index contributed by atoms with van der Waals surface area (Å²) >= 11 is 0. The van der Waals surface area contributed by atoms with Crippen LogP contribution in [0.1, 0.15) is 5.56 Å². The number of carbonyl (C=O) groups is 1. The zero-order valence-electron chi connectivity index (χ0n) is 10.6. The molecule has 0 radical (unpaired) electrons. The molecule has 1 atom stereocenters. The van der Waals surface area contributed by atoms with E-state index >= 15 is 0 Å². The van der Waals surface area contributed by atoms with Gasteiger partial charge in [-0.05, 0) is 12.1 Å². The zero-order valence-corrected chi connectivity index (χ0v) is 10.6. The van der Waals surface area contributed by atoms with E-state index in [2.05, 4.69) is 0 Å². The fourth-order valence-electron chi connectivity index (χ4n) is 1.37. The van der Waals surface area contributed by atoms with Gasteiger partial charge in [-0.15, -0.1) is 0 Å². The van der Waals surface area contributed by atoms with Gasteiger partial charge in [0.25, 0.3) is 0 Å². The number of rotatable bonds is 3. The Morgan fingerprint density at radius 2 is 1.95 bits per heavy atom. The van der Waals surface area contributed by atoms with Crippen LogP contribution < -0.4 is 10.6 Å². The van der Waals surface area contributed by atoms with Crippen LogP contribution in [0.15, 0.2) is 18.2 Å². The predicted octanol–water partition coefficient (Wildman–Crippen LogP) is 2.40. The van der Waals surface area contributed by atoms with Crippen LogP contribution in [-0.4, -0.2) is 17.8 Å². The summed E-state index contributed by atoms with van der Waals surface area (Å²) in [7, 11) is 0. The monoisotopic (exact) mass is 313 g/mol. The van der Waals surface area contributed by atoms with Crippen molar-refractivity contribution < 1.29 is 22.4 Å². The molecule has 3 N–H and O–H groups in total. The van der Waals surface area contributed by atoms with E-state index in [0.29, 0.717) is 6.07 Å². The molecule has 0 aromatic heterocycles. The molecule has 0 spiro atoms. The summed E-state index contributed by atoms with van der Waals surface area (Å²) in [5, 5.41) is 27.8. The third-order valence-corrected chi connectivity index (χ3v) is 2.37. The molecule has 2 amide bonds. The van der Waals surface area contributed by atoms with Crippen molar-refractivity contribution in [2.75, 3.05) is 5.32 Å². The van der Waals surface area contributed by atoms with E-state index in [-0.39, 0.29) is 0 Å². The molecule has 0 aliphatic rings. The molecule has 0 bridgehead atoms. The molecule has 1 rings (SSSR count). The number of nitrogens with zero attached hydrogens (tertiary/aromatic N) is 2. The van der Waals surface area contributed by atoms with Gasteiger partial charge in [0.2, 0.25) is 0 Å². The summed E-state index contributed by atoms with van der Waals surface area (Å²) in [6.45, 7) is 0. The van der Waals surface area contributed by atoms with Crippen molar-refractivity contribution in [2.24, 2.45) is 0 Å². The number of benzene rings is 1. The van der Waals surface area contributed by atoms with Crippen molar-refractivity contribution in [3.05, 3.63) is 29.6 Å². The molecule has 114 valence electrons. The van der Waals surface area contributed by atoms with E-state index in [1.165, 1.54) is 12.1 Å². The highest BCUT2D eigenvalue weighted by Crippen LogP contribution is 2.33. The van der Waals surface area contributed by atoms with Crippen LogP contribution in [0.2, 0.25) is 0 Å². The van der Waals surface area contributed by atoms with Crippen molar-refractivity contribution in [3.63, 3.8) is 0 Å². The third kappa shape index (κ3) is 3.93. The van der Waals surface area contributed by atoms with Crippen molar-refractivity contribution in [2.45, 2.75) is 12.2 Å². The summed E-state index contributed by atoms with van der Waals surface area (Å²) < 4.78 is 51.2. The van der Waals surface area contributed by atoms with Gasteiger partial charge in [0.05, 0.1) is 17.3 Å². The maximum atomic E-state index is 13.7. The van der Waals surface area contributed by atoms with E-state index in [1.807, 2.05) is 5.32 Å². The largest absolute Gasteiger partial charge is 0.419 e. The van der Waals surface area contributed by atoms with Gasteiger partial charge in [-0.25, -0.2) is 9.18 Å². The number of amides is 2. The molecule has 1 unspecified atom stereocenters. The minimum atomic E-state index is -4.93. The Bertz CT molecular complexity index is 686. The highest BCUT2D eigenvalue weighted by atomic mass is 19.4. The van der Waals surface area contributed by atoms with E-state index in [4.69, 9.17) is 15.9 Å². The Balaban J connectivity index is 2.93. The van der Waals surface area contributed by atoms with Gasteiger partial charge in [-0.2, -0.15) is 23.7 Å². The second-order valence-electron chi connectivity index (χ2n) is 3.85. The van der Waals surface area contributed by atoms with Crippen LogP contribution in [0, 0.1) is 33.9 Å². The Hall–Kier alpha value is -3.14. The Morgan fingerprint density at radius 3 is 2.45 bits per heavy atom. The zero-order chi connectivity index (χ0) is 16.9. The highest BCUT2D eigenvalue weighted by molar-refractivity contribution is 6.04. The maximum absolute atomic E-state index is 13.7. The van der Waals surface area contributed by atoms with Gasteiger partial charge in [0.15, 0.2) is 11.9 Å². The lowest BCUT2D eigenvalue weighted by Gasteiger charge is -2.13. The Labute approximate surface area is 121 Å². The van der Waals surface area contributed by atoms with Gasteiger partial charge in [0, 0.05) is 0 Å². The van der Waals surface area contributed by atoms with Crippen molar-refractivity contribution in [1.29, 1.82) is 15.9 Å². The van der Waals surface area contributed by atoms with Crippen LogP contribution in [0.3, 0.4) is 0 Å². The van der Waals surface area contributed by atoms with E-state index in [1.54, 1.807) is 5.32 Å². The van der Waals surface area contributed by atoms with Crippen LogP contribution in [-0.2, 0) is 6.18 Å². The first-order valence-corrected chi connectivity index (χ1v) is 5.52. The summed E-state index contributed by atoms with van der Waals surface area (Å²) in [6, 6.07) is 2.20. The molecule has 0 aliphatic heterocycles. The van der Waals surface area contributed by atoms with Gasteiger partial charge < -0.3 is 10.6 Å². The molecule has 10 heteroatoms. The van der Waals surface area contributed by atoms with E-state index in [9.17, 15) is 22.4 Å². The number of halogens is 4. The fourth-order valence-corrected chi connectivity index (χ4v) is 1.37. The average molecular weight is 313 g/mol. The second-order valence-corrected chi connectivity index (χ2v) is 3.85. The van der Waals surface area contributed by atoms with Crippen LogP contribution in [0.4, 0.5) is 28.0 Å². The first kappa shape index (κ1) is 16.9. The molecule has 1 aromatic rings. The molecular weight excluding hydrogens is 306 g/mol. The Morgan fingerprint density at radius 1 is 1.32 bits per heavy atom. The molecule has 22 heavy (non-hydrogen) atoms. The molecule has 0 saturated heterocycles. The molecule has 0 fully saturated rings. The Kier molecular flexibility index (Phi) is 5.03. The quantitative estimate of drug-likeness (QED) is 0.588. The smallest absolute Gasteiger partial charge is 0.316 e. The summed E-state index contributed by atoms with van der Waals surface area (Å²) in [4.78, 5) is 11.5. The number of urea groups is 1. The summed E-state index contributed by atoms with van der Waals surface area (Å²) in [5.74, 6) is -1.69. The summed E-state index contributed by atoms with van der Waals surface area (Å²) in [5.41, 5.74) is -3.10. The SMILES string of the molecule is N#CC(=N)C(C#N)NC(=O)Nc1cccc(C(F)(F)F)c1F. The lowest BCUT2D eigenvalue weighted by atomic mass is 10.1. The van der Waals surface area contributed by atoms with Crippen molar-refractivity contribution in [3.8, 4) is 12.1 Å². The minimum Gasteiger partial charge on any atom is -0.316 e. The number of carbonyl (C=O) groups excluding carboxylic acids is 1. The molecule has 0 heterocycles. The number of hydrogen-bond acceptors (Lipinski definition) is 4. The maximum Gasteiger partial charge on any atom is 0.419 e. The second kappa shape index (κ2) is 6.54. The van der Waals surface area contributed by atoms with Gasteiger partial charge in [-0.3, -0.25) is 5.41 Å². The third-order valence-electron chi connectivity index (χ3n) is 2.37. The molecule has 6 nitrogen and oxygen atoms in total. The molecule has 0 saturated carbocycles. The molecule has 1 aromatic carbocycles. The first-order chi connectivity index (χ1) is 10.2. The van der Waals surface area contributed by atoms with Crippen LogP contribution >= 0.6 is 0 Å². The van der Waals surface area contributed by atoms with E-state index in [0.717, 1.165) is 12.1 Å². The highest BCUT2D eigenvalue weighted by Gasteiger charge is 2.35. The van der Waals surface area contributed by atoms with Gasteiger partial charge >= 0.3 is 12.2 Å². The minimum absolute atomic E-state index is 0.502. The normalized spacial score (nSPS) is 11.7. The number of alkyl halides is 3. The van der Waals surface area contributed by atoms with Crippen molar-refractivity contribution in [1.82, 2.24) is 5.32 Å². The predicted molar refractivity (Wildman–Crippen MR) is 66.3 cm³/mol. The lowest BCUT2D eigenvalue weighted by Crippen LogP contribution is -2.41. The average Bonchev–Trinajstić information content (AvgIpc) is 2.44. The first-order valence-electron chi connectivity index (χ1n) is 5.52. The molecule has 0 aliphatic carbocycles. The lowest BCUT2D eigenvalue weighted by molar-refractivity contribution is -0.139. The fraction of sp³-hybridized carbons (Fsp3) is 0.167. The van der Waals surface area contributed by atoms with Gasteiger partial charge in [0.1, 0.15) is 11.8 Å².